The van der Waals surface area contributed by atoms with E-state index in [1.54, 1.807) is 37.3 Å². The number of rotatable bonds is 7. The summed E-state index contributed by atoms with van der Waals surface area (Å²) in [6, 6.07) is 8.36. The van der Waals surface area contributed by atoms with Crippen LogP contribution in [0.5, 0.6) is 11.5 Å². The van der Waals surface area contributed by atoms with Gasteiger partial charge in [-0.1, -0.05) is 0 Å². The Kier molecular flexibility index (Phi) is 6.71. The highest BCUT2D eigenvalue weighted by Crippen LogP contribution is 2.54. The Morgan fingerprint density at radius 3 is 2.23 bits per heavy atom. The summed E-state index contributed by atoms with van der Waals surface area (Å²) >= 11 is 0. The molecule has 2 aromatic carbocycles. The standard InChI is InChI=1S/C28H34F2N4O5S/c1-2-40(36,37)32-19-3-4-21(22(15-19)33-11-7-27(5-6-27)8-12-33)26(35)31-20-16-23(25-24(17-20)38-18-39-25)34-13-9-28(29,30)10-14-34/h3-4,15-17,32H,2,5-14,18H2,1H3,(H,31,35). The second kappa shape index (κ2) is 9.97. The van der Waals surface area contributed by atoms with Gasteiger partial charge in [0.05, 0.1) is 28.4 Å². The van der Waals surface area contributed by atoms with Crippen molar-refractivity contribution in [2.45, 2.75) is 51.4 Å². The number of piperidine rings is 2. The van der Waals surface area contributed by atoms with Crippen LogP contribution in [0.15, 0.2) is 30.3 Å². The molecule has 4 aliphatic rings. The summed E-state index contributed by atoms with van der Waals surface area (Å²) in [6.45, 7) is 3.49. The number of alkyl halides is 2. The molecular weight excluding hydrogens is 542 g/mol. The highest BCUT2D eigenvalue weighted by atomic mass is 32.2. The lowest BCUT2D eigenvalue weighted by atomic mass is 9.93. The number of carbonyl (C=O) groups excluding carboxylic acids is 1. The van der Waals surface area contributed by atoms with Crippen molar-refractivity contribution < 1.29 is 31.5 Å². The largest absolute Gasteiger partial charge is 0.453 e. The summed E-state index contributed by atoms with van der Waals surface area (Å²) in [7, 11) is -3.49. The van der Waals surface area contributed by atoms with Gasteiger partial charge in [0.1, 0.15) is 0 Å². The molecule has 2 aromatic rings. The van der Waals surface area contributed by atoms with Gasteiger partial charge in [0.25, 0.3) is 11.8 Å². The minimum Gasteiger partial charge on any atom is -0.453 e. The van der Waals surface area contributed by atoms with Crippen molar-refractivity contribution >= 4 is 38.7 Å². The predicted molar refractivity (Wildman–Crippen MR) is 150 cm³/mol. The van der Waals surface area contributed by atoms with E-state index in [4.69, 9.17) is 9.47 Å². The number of halogens is 2. The molecule has 0 unspecified atom stereocenters. The number of amides is 1. The molecular formula is C28H34F2N4O5S. The first-order valence-electron chi connectivity index (χ1n) is 13.8. The lowest BCUT2D eigenvalue weighted by molar-refractivity contribution is -0.0221. The van der Waals surface area contributed by atoms with Crippen LogP contribution < -0.4 is 29.3 Å². The maximum absolute atomic E-state index is 13.8. The highest BCUT2D eigenvalue weighted by molar-refractivity contribution is 7.92. The third kappa shape index (κ3) is 5.50. The SMILES string of the molecule is CCS(=O)(=O)Nc1ccc(C(=O)Nc2cc3c(c(N4CCC(F)(F)CC4)c2)OCO3)c(N2CCC3(CC2)CC3)c1. The van der Waals surface area contributed by atoms with Crippen LogP contribution in [0.3, 0.4) is 0 Å². The fourth-order valence-corrected chi connectivity index (χ4v) is 6.40. The van der Waals surface area contributed by atoms with Crippen LogP contribution in [0.2, 0.25) is 0 Å². The fourth-order valence-electron chi connectivity index (χ4n) is 5.77. The van der Waals surface area contributed by atoms with Crippen LogP contribution >= 0.6 is 0 Å². The van der Waals surface area contributed by atoms with E-state index < -0.39 is 15.9 Å². The quantitative estimate of drug-likeness (QED) is 0.476. The number of anilines is 4. The highest BCUT2D eigenvalue weighted by Gasteiger charge is 2.44. The summed E-state index contributed by atoms with van der Waals surface area (Å²) in [5.74, 6) is -2.18. The molecule has 2 saturated heterocycles. The molecule has 1 saturated carbocycles. The molecule has 3 fully saturated rings. The number of fused-ring (bicyclic) bond motifs is 1. The number of carbonyl (C=O) groups is 1. The molecule has 0 bridgehead atoms. The van der Waals surface area contributed by atoms with Gasteiger partial charge in [-0.3, -0.25) is 9.52 Å². The molecule has 12 heteroatoms. The summed E-state index contributed by atoms with van der Waals surface area (Å²) in [4.78, 5) is 17.7. The molecule has 0 atom stereocenters. The molecule has 9 nitrogen and oxygen atoms in total. The fraction of sp³-hybridized carbons (Fsp3) is 0.536. The van der Waals surface area contributed by atoms with Crippen LogP contribution in [0.25, 0.3) is 0 Å². The Balaban J connectivity index is 1.28. The van der Waals surface area contributed by atoms with Crippen molar-refractivity contribution in [2.24, 2.45) is 5.41 Å². The van der Waals surface area contributed by atoms with E-state index in [9.17, 15) is 22.0 Å². The Bertz CT molecular complexity index is 1410. The minimum absolute atomic E-state index is 0.0134. The second-order valence-corrected chi connectivity index (χ2v) is 13.3. The average molecular weight is 577 g/mol. The first kappa shape index (κ1) is 26.9. The minimum atomic E-state index is -3.49. The van der Waals surface area contributed by atoms with Crippen LogP contribution in [-0.2, 0) is 10.0 Å². The predicted octanol–water partition coefficient (Wildman–Crippen LogP) is 5.05. The summed E-state index contributed by atoms with van der Waals surface area (Å²) in [5, 5.41) is 2.96. The van der Waals surface area contributed by atoms with Gasteiger partial charge in [-0.05, 0) is 62.3 Å². The van der Waals surface area contributed by atoms with Crippen molar-refractivity contribution in [3.8, 4) is 11.5 Å². The van der Waals surface area contributed by atoms with E-state index >= 15 is 0 Å². The van der Waals surface area contributed by atoms with Gasteiger partial charge >= 0.3 is 0 Å². The van der Waals surface area contributed by atoms with Gasteiger partial charge in [-0.2, -0.15) is 0 Å². The van der Waals surface area contributed by atoms with Gasteiger partial charge in [0.2, 0.25) is 16.8 Å². The van der Waals surface area contributed by atoms with E-state index in [0.29, 0.717) is 45.2 Å². The third-order valence-electron chi connectivity index (χ3n) is 8.56. The number of hydrogen-bond acceptors (Lipinski definition) is 7. The first-order chi connectivity index (χ1) is 19.1. The summed E-state index contributed by atoms with van der Waals surface area (Å²) < 4.78 is 65.9. The zero-order valence-electron chi connectivity index (χ0n) is 22.5. The number of ether oxygens (including phenoxy) is 2. The van der Waals surface area contributed by atoms with E-state index in [0.717, 1.165) is 25.9 Å². The summed E-state index contributed by atoms with van der Waals surface area (Å²) in [6.07, 6.45) is 4.05. The Morgan fingerprint density at radius 1 is 0.900 bits per heavy atom. The van der Waals surface area contributed by atoms with Gasteiger partial charge in [0, 0.05) is 50.8 Å². The molecule has 1 aliphatic carbocycles. The van der Waals surface area contributed by atoms with E-state index in [1.165, 1.54) is 12.8 Å². The lowest BCUT2D eigenvalue weighted by Crippen LogP contribution is -2.39. The molecule has 3 heterocycles. The smallest absolute Gasteiger partial charge is 0.257 e. The van der Waals surface area contributed by atoms with E-state index in [1.807, 2.05) is 4.90 Å². The summed E-state index contributed by atoms with van der Waals surface area (Å²) in [5.41, 5.74) is 3.00. The number of hydrogen-bond donors (Lipinski definition) is 2. The normalized spacial score (nSPS) is 20.9. The maximum Gasteiger partial charge on any atom is 0.257 e. The van der Waals surface area contributed by atoms with Crippen molar-refractivity contribution in [2.75, 3.05) is 58.6 Å². The number of sulfonamides is 1. The molecule has 0 radical (unpaired) electrons. The van der Waals surface area contributed by atoms with Gasteiger partial charge < -0.3 is 24.6 Å². The van der Waals surface area contributed by atoms with E-state index in [-0.39, 0.29) is 44.4 Å². The molecule has 0 aromatic heterocycles. The molecule has 40 heavy (non-hydrogen) atoms. The lowest BCUT2D eigenvalue weighted by Gasteiger charge is -2.35. The van der Waals surface area contributed by atoms with Crippen LogP contribution in [0.1, 0.15) is 55.8 Å². The Labute approximate surface area is 232 Å². The Morgan fingerprint density at radius 2 is 1.55 bits per heavy atom. The molecule has 1 amide bonds. The molecule has 3 aliphatic heterocycles. The topological polar surface area (TPSA) is 100 Å². The van der Waals surface area contributed by atoms with E-state index in [2.05, 4.69) is 14.9 Å². The van der Waals surface area contributed by atoms with Gasteiger partial charge in [-0.15, -0.1) is 0 Å². The van der Waals surface area contributed by atoms with Gasteiger partial charge in [-0.25, -0.2) is 17.2 Å². The molecule has 2 N–H and O–H groups in total. The zero-order chi connectivity index (χ0) is 28.1. The molecule has 1 spiro atoms. The van der Waals surface area contributed by atoms with Crippen molar-refractivity contribution in [1.29, 1.82) is 0 Å². The third-order valence-corrected chi connectivity index (χ3v) is 9.87. The number of nitrogens with one attached hydrogen (secondary N) is 2. The van der Waals surface area contributed by atoms with Gasteiger partial charge in [0.15, 0.2) is 11.5 Å². The van der Waals surface area contributed by atoms with Crippen LogP contribution in [0, 0.1) is 5.41 Å². The Hall–Kier alpha value is -3.28. The molecule has 216 valence electrons. The van der Waals surface area contributed by atoms with Crippen molar-refractivity contribution in [3.05, 3.63) is 35.9 Å². The first-order valence-corrected chi connectivity index (χ1v) is 15.5. The second-order valence-electron chi connectivity index (χ2n) is 11.3. The maximum atomic E-state index is 13.8. The molecule has 6 rings (SSSR count). The van der Waals surface area contributed by atoms with Crippen molar-refractivity contribution in [3.63, 3.8) is 0 Å². The monoisotopic (exact) mass is 576 g/mol. The average Bonchev–Trinajstić information content (AvgIpc) is 3.50. The number of benzene rings is 2. The van der Waals surface area contributed by atoms with Crippen LogP contribution in [0.4, 0.5) is 31.5 Å². The van der Waals surface area contributed by atoms with Crippen molar-refractivity contribution in [1.82, 2.24) is 0 Å². The zero-order valence-corrected chi connectivity index (χ0v) is 23.3. The van der Waals surface area contributed by atoms with Crippen LogP contribution in [-0.4, -0.2) is 59.0 Å². The number of nitrogens with zero attached hydrogens (tertiary/aromatic N) is 2.